The summed E-state index contributed by atoms with van der Waals surface area (Å²) in [6, 6.07) is 9.47. The van der Waals surface area contributed by atoms with Gasteiger partial charge in [0.05, 0.1) is 19.2 Å². The third kappa shape index (κ3) is 2.92. The molecule has 0 radical (unpaired) electrons. The van der Waals surface area contributed by atoms with Crippen LogP contribution >= 0.6 is 11.6 Å². The van der Waals surface area contributed by atoms with Crippen LogP contribution in [0.15, 0.2) is 34.7 Å². The third-order valence-corrected chi connectivity index (χ3v) is 5.41. The van der Waals surface area contributed by atoms with Gasteiger partial charge in [0.15, 0.2) is 22.8 Å². The molecule has 2 heterocycles. The van der Waals surface area contributed by atoms with E-state index in [1.807, 2.05) is 31.2 Å². The summed E-state index contributed by atoms with van der Waals surface area (Å²) in [5, 5.41) is 1.38. The van der Waals surface area contributed by atoms with E-state index in [4.69, 9.17) is 25.5 Å². The highest BCUT2D eigenvalue weighted by Gasteiger charge is 2.28. The number of aryl methyl sites for hydroxylation is 1. The van der Waals surface area contributed by atoms with Crippen molar-refractivity contribution < 1.29 is 18.7 Å². The fraction of sp³-hybridized carbons (Fsp3) is 0.286. The number of carbonyl (C=O) groups excluding carboxylic acids is 1. The van der Waals surface area contributed by atoms with Crippen LogP contribution in [0, 0.1) is 6.92 Å². The first-order chi connectivity index (χ1) is 13.0. The number of halogens is 1. The fourth-order valence-electron chi connectivity index (χ4n) is 3.61. The lowest BCUT2D eigenvalue weighted by atomic mass is 9.98. The molecule has 0 spiro atoms. The summed E-state index contributed by atoms with van der Waals surface area (Å²) in [5.74, 6) is 1.60. The summed E-state index contributed by atoms with van der Waals surface area (Å²) in [7, 11) is 3.23. The number of ether oxygens (including phenoxy) is 2. The number of rotatable bonds is 3. The number of methoxy groups -OCH3 is 2. The maximum atomic E-state index is 13.1. The van der Waals surface area contributed by atoms with Crippen molar-refractivity contribution in [2.75, 3.05) is 20.8 Å². The van der Waals surface area contributed by atoms with Gasteiger partial charge in [0, 0.05) is 24.0 Å². The summed E-state index contributed by atoms with van der Waals surface area (Å²) in [6.45, 7) is 3.01. The quantitative estimate of drug-likeness (QED) is 0.660. The number of furan rings is 1. The number of amides is 1. The van der Waals surface area contributed by atoms with Gasteiger partial charge in [0.1, 0.15) is 0 Å². The van der Waals surface area contributed by atoms with E-state index in [2.05, 4.69) is 0 Å². The Morgan fingerprint density at radius 3 is 2.52 bits per heavy atom. The molecule has 0 saturated carbocycles. The van der Waals surface area contributed by atoms with E-state index < -0.39 is 0 Å². The van der Waals surface area contributed by atoms with Crippen molar-refractivity contribution in [3.63, 3.8) is 0 Å². The van der Waals surface area contributed by atoms with Crippen LogP contribution in [0.2, 0.25) is 5.02 Å². The van der Waals surface area contributed by atoms with E-state index in [1.54, 1.807) is 25.2 Å². The highest BCUT2D eigenvalue weighted by atomic mass is 35.5. The number of hydrogen-bond donors (Lipinski definition) is 0. The van der Waals surface area contributed by atoms with Crippen LogP contribution in [-0.4, -0.2) is 31.6 Å². The van der Waals surface area contributed by atoms with Gasteiger partial charge in [0.25, 0.3) is 5.91 Å². The SMILES string of the molecule is COc1cc2c(cc1OC)CN(C(=O)c1oc3c(Cl)cccc3c1C)CC2. The van der Waals surface area contributed by atoms with Gasteiger partial charge in [-0.3, -0.25) is 4.79 Å². The second kappa shape index (κ2) is 6.82. The van der Waals surface area contributed by atoms with Crippen molar-refractivity contribution in [2.24, 2.45) is 0 Å². The van der Waals surface area contributed by atoms with Gasteiger partial charge in [-0.05, 0) is 42.7 Å². The molecule has 1 aliphatic rings. The first-order valence-electron chi connectivity index (χ1n) is 8.74. The minimum atomic E-state index is -0.125. The molecule has 0 saturated heterocycles. The van der Waals surface area contributed by atoms with Crippen molar-refractivity contribution in [2.45, 2.75) is 19.9 Å². The van der Waals surface area contributed by atoms with Crippen molar-refractivity contribution >= 4 is 28.5 Å². The van der Waals surface area contributed by atoms with E-state index >= 15 is 0 Å². The Kier molecular flexibility index (Phi) is 4.48. The molecule has 140 valence electrons. The molecular formula is C21H20ClNO4. The Labute approximate surface area is 162 Å². The first kappa shape index (κ1) is 17.7. The lowest BCUT2D eigenvalue weighted by molar-refractivity contribution is 0.0703. The number of carbonyl (C=O) groups is 1. The molecular weight excluding hydrogens is 366 g/mol. The number of nitrogens with zero attached hydrogens (tertiary/aromatic N) is 1. The number of hydrogen-bond acceptors (Lipinski definition) is 4. The second-order valence-corrected chi connectivity index (χ2v) is 7.03. The van der Waals surface area contributed by atoms with E-state index in [9.17, 15) is 4.79 Å². The average Bonchev–Trinajstić information content (AvgIpc) is 3.04. The third-order valence-electron chi connectivity index (χ3n) is 5.12. The highest BCUT2D eigenvalue weighted by Crippen LogP contribution is 2.35. The van der Waals surface area contributed by atoms with E-state index in [0.717, 1.165) is 22.9 Å². The molecule has 0 N–H and O–H groups in total. The van der Waals surface area contributed by atoms with Crippen molar-refractivity contribution in [3.8, 4) is 11.5 Å². The van der Waals surface area contributed by atoms with E-state index in [1.165, 1.54) is 5.56 Å². The van der Waals surface area contributed by atoms with Gasteiger partial charge in [-0.25, -0.2) is 0 Å². The summed E-state index contributed by atoms with van der Waals surface area (Å²) >= 11 is 6.22. The molecule has 4 rings (SSSR count). The minimum absolute atomic E-state index is 0.125. The monoisotopic (exact) mass is 385 g/mol. The van der Waals surface area contributed by atoms with Crippen molar-refractivity contribution in [3.05, 3.63) is 57.8 Å². The Morgan fingerprint density at radius 2 is 1.85 bits per heavy atom. The fourth-order valence-corrected chi connectivity index (χ4v) is 3.83. The van der Waals surface area contributed by atoms with Crippen molar-refractivity contribution in [1.82, 2.24) is 4.90 Å². The Hall–Kier alpha value is -2.66. The normalized spacial score (nSPS) is 13.6. The Bertz CT molecular complexity index is 1040. The molecule has 27 heavy (non-hydrogen) atoms. The maximum absolute atomic E-state index is 13.1. The zero-order valence-corrected chi connectivity index (χ0v) is 16.2. The lowest BCUT2D eigenvalue weighted by Crippen LogP contribution is -2.36. The van der Waals surface area contributed by atoms with Crippen LogP contribution in [0.25, 0.3) is 11.0 Å². The number of para-hydroxylation sites is 1. The van der Waals surface area contributed by atoms with Crippen LogP contribution in [0.4, 0.5) is 0 Å². The molecule has 0 atom stereocenters. The standard InChI is InChI=1S/C21H20ClNO4/c1-12-15-5-4-6-16(22)20(15)27-19(12)21(24)23-8-7-13-9-17(25-2)18(26-3)10-14(13)11-23/h4-6,9-10H,7-8,11H2,1-3H3. The van der Waals surface area contributed by atoms with Crippen LogP contribution in [0.5, 0.6) is 11.5 Å². The molecule has 2 aromatic carbocycles. The number of fused-ring (bicyclic) bond motifs is 2. The molecule has 1 aromatic heterocycles. The summed E-state index contributed by atoms with van der Waals surface area (Å²) in [6.07, 6.45) is 0.751. The summed E-state index contributed by atoms with van der Waals surface area (Å²) in [5.41, 5.74) is 3.60. The maximum Gasteiger partial charge on any atom is 0.290 e. The molecule has 0 bridgehead atoms. The van der Waals surface area contributed by atoms with Crippen molar-refractivity contribution in [1.29, 1.82) is 0 Å². The summed E-state index contributed by atoms with van der Waals surface area (Å²) < 4.78 is 16.6. The van der Waals surface area contributed by atoms with E-state index in [-0.39, 0.29) is 5.91 Å². The molecule has 0 unspecified atom stereocenters. The van der Waals surface area contributed by atoms with Gasteiger partial charge in [-0.1, -0.05) is 23.7 Å². The molecule has 0 aliphatic carbocycles. The molecule has 1 amide bonds. The van der Waals surface area contributed by atoms with Crippen LogP contribution < -0.4 is 9.47 Å². The van der Waals surface area contributed by atoms with Crippen LogP contribution in [-0.2, 0) is 13.0 Å². The van der Waals surface area contributed by atoms with Crippen LogP contribution in [0.3, 0.4) is 0 Å². The average molecular weight is 386 g/mol. The molecule has 3 aromatic rings. The predicted octanol–water partition coefficient (Wildman–Crippen LogP) is 4.61. The number of benzene rings is 2. The summed E-state index contributed by atoms with van der Waals surface area (Å²) in [4.78, 5) is 14.9. The van der Waals surface area contributed by atoms with E-state index in [0.29, 0.717) is 41.0 Å². The molecule has 6 heteroatoms. The van der Waals surface area contributed by atoms with Crippen LogP contribution in [0.1, 0.15) is 27.2 Å². The van der Waals surface area contributed by atoms with Gasteiger partial charge < -0.3 is 18.8 Å². The first-order valence-corrected chi connectivity index (χ1v) is 9.12. The molecule has 5 nitrogen and oxygen atoms in total. The topological polar surface area (TPSA) is 51.9 Å². The predicted molar refractivity (Wildman–Crippen MR) is 104 cm³/mol. The largest absolute Gasteiger partial charge is 0.493 e. The zero-order chi connectivity index (χ0) is 19.1. The van der Waals surface area contributed by atoms with Gasteiger partial charge in [-0.15, -0.1) is 0 Å². The molecule has 0 fully saturated rings. The Balaban J connectivity index is 1.67. The van der Waals surface area contributed by atoms with Gasteiger partial charge in [0.2, 0.25) is 0 Å². The highest BCUT2D eigenvalue weighted by molar-refractivity contribution is 6.35. The zero-order valence-electron chi connectivity index (χ0n) is 15.5. The smallest absolute Gasteiger partial charge is 0.290 e. The molecule has 1 aliphatic heterocycles. The second-order valence-electron chi connectivity index (χ2n) is 6.63. The van der Waals surface area contributed by atoms with Gasteiger partial charge in [-0.2, -0.15) is 0 Å². The minimum Gasteiger partial charge on any atom is -0.493 e. The Morgan fingerprint density at radius 1 is 1.15 bits per heavy atom. The van der Waals surface area contributed by atoms with Gasteiger partial charge >= 0.3 is 0 Å². The lowest BCUT2D eigenvalue weighted by Gasteiger charge is -2.29.